The second-order valence-electron chi connectivity index (χ2n) is 3.99. The quantitative estimate of drug-likeness (QED) is 0.780. The number of nitrogens with one attached hydrogen (secondary N) is 1. The Labute approximate surface area is 108 Å². The first-order chi connectivity index (χ1) is 8.74. The summed E-state index contributed by atoms with van der Waals surface area (Å²) in [6, 6.07) is 2.07. The van der Waals surface area contributed by atoms with Crippen molar-refractivity contribution in [2.24, 2.45) is 0 Å². The number of hydrogen-bond acceptors (Lipinski definition) is 6. The molecule has 0 spiro atoms. The van der Waals surface area contributed by atoms with Crippen LogP contribution in [-0.2, 0) is 0 Å². The Morgan fingerprint density at radius 2 is 2.28 bits per heavy atom. The SMILES string of the molecule is Cc1cc(NC(C)c2nccs2)n2ncnc2n1. The minimum atomic E-state index is 0.124. The topological polar surface area (TPSA) is 68.0 Å². The smallest absolute Gasteiger partial charge is 0.254 e. The molecule has 1 atom stereocenters. The molecular formula is C11H12N6S. The lowest BCUT2D eigenvalue weighted by Crippen LogP contribution is -2.11. The van der Waals surface area contributed by atoms with Gasteiger partial charge in [-0.05, 0) is 13.8 Å². The van der Waals surface area contributed by atoms with E-state index in [0.717, 1.165) is 16.5 Å². The number of anilines is 1. The van der Waals surface area contributed by atoms with Crippen molar-refractivity contribution in [2.45, 2.75) is 19.9 Å². The third-order valence-corrected chi connectivity index (χ3v) is 3.52. The van der Waals surface area contributed by atoms with Gasteiger partial charge in [0.15, 0.2) is 0 Å². The normalized spacial score (nSPS) is 12.8. The highest BCUT2D eigenvalue weighted by Gasteiger charge is 2.11. The molecule has 0 amide bonds. The number of aryl methyl sites for hydroxylation is 1. The predicted molar refractivity (Wildman–Crippen MR) is 69.7 cm³/mol. The van der Waals surface area contributed by atoms with Crippen LogP contribution < -0.4 is 5.32 Å². The van der Waals surface area contributed by atoms with Crippen LogP contribution in [0.25, 0.3) is 5.78 Å². The maximum absolute atomic E-state index is 4.30. The fourth-order valence-corrected chi connectivity index (χ4v) is 2.41. The number of hydrogen-bond donors (Lipinski definition) is 1. The van der Waals surface area contributed by atoms with E-state index in [4.69, 9.17) is 0 Å². The Balaban J connectivity index is 1.97. The highest BCUT2D eigenvalue weighted by molar-refractivity contribution is 7.09. The van der Waals surface area contributed by atoms with Gasteiger partial charge in [-0.2, -0.15) is 14.6 Å². The molecule has 18 heavy (non-hydrogen) atoms. The Hall–Kier alpha value is -2.02. The summed E-state index contributed by atoms with van der Waals surface area (Å²) in [5.41, 5.74) is 0.907. The largest absolute Gasteiger partial charge is 0.361 e. The Bertz CT molecular complexity index is 659. The van der Waals surface area contributed by atoms with Gasteiger partial charge in [0.25, 0.3) is 5.78 Å². The molecule has 6 nitrogen and oxygen atoms in total. The number of rotatable bonds is 3. The maximum Gasteiger partial charge on any atom is 0.254 e. The molecule has 0 saturated heterocycles. The van der Waals surface area contributed by atoms with Gasteiger partial charge < -0.3 is 5.32 Å². The van der Waals surface area contributed by atoms with Crippen LogP contribution in [0.4, 0.5) is 5.82 Å². The average molecular weight is 260 g/mol. The lowest BCUT2D eigenvalue weighted by molar-refractivity contribution is 0.829. The summed E-state index contributed by atoms with van der Waals surface area (Å²) >= 11 is 1.63. The van der Waals surface area contributed by atoms with Crippen molar-refractivity contribution in [3.05, 3.63) is 34.7 Å². The molecule has 1 N–H and O–H groups in total. The second-order valence-corrected chi connectivity index (χ2v) is 4.92. The van der Waals surface area contributed by atoms with E-state index in [1.54, 1.807) is 22.0 Å². The zero-order chi connectivity index (χ0) is 12.5. The highest BCUT2D eigenvalue weighted by Crippen LogP contribution is 2.21. The van der Waals surface area contributed by atoms with E-state index in [0.29, 0.717) is 5.78 Å². The summed E-state index contributed by atoms with van der Waals surface area (Å²) < 4.78 is 1.69. The molecule has 0 aliphatic carbocycles. The summed E-state index contributed by atoms with van der Waals surface area (Å²) in [5, 5.41) is 10.5. The van der Waals surface area contributed by atoms with E-state index in [9.17, 15) is 0 Å². The van der Waals surface area contributed by atoms with Crippen LogP contribution in [0.1, 0.15) is 23.7 Å². The molecule has 3 rings (SSSR count). The van der Waals surface area contributed by atoms with Crippen LogP contribution in [0.15, 0.2) is 24.0 Å². The first-order valence-corrected chi connectivity index (χ1v) is 6.45. The number of nitrogens with zero attached hydrogens (tertiary/aromatic N) is 5. The number of thiazole rings is 1. The fourth-order valence-electron chi connectivity index (χ4n) is 1.77. The van der Waals surface area contributed by atoms with Crippen LogP contribution >= 0.6 is 11.3 Å². The van der Waals surface area contributed by atoms with Gasteiger partial charge in [0.1, 0.15) is 17.2 Å². The summed E-state index contributed by atoms with van der Waals surface area (Å²) in [7, 11) is 0. The van der Waals surface area contributed by atoms with Crippen molar-refractivity contribution < 1.29 is 0 Å². The molecule has 7 heteroatoms. The summed E-state index contributed by atoms with van der Waals surface area (Å²) in [6.45, 7) is 4.01. The van der Waals surface area contributed by atoms with Crippen LogP contribution in [0.2, 0.25) is 0 Å². The second kappa shape index (κ2) is 4.34. The van der Waals surface area contributed by atoms with Gasteiger partial charge in [-0.15, -0.1) is 11.3 Å². The Morgan fingerprint density at radius 1 is 1.39 bits per heavy atom. The van der Waals surface area contributed by atoms with E-state index >= 15 is 0 Å². The van der Waals surface area contributed by atoms with Gasteiger partial charge in [0.05, 0.1) is 6.04 Å². The van der Waals surface area contributed by atoms with Gasteiger partial charge in [0, 0.05) is 23.3 Å². The van der Waals surface area contributed by atoms with Crippen LogP contribution in [0.3, 0.4) is 0 Å². The average Bonchev–Trinajstić information content (AvgIpc) is 2.98. The molecular weight excluding hydrogens is 248 g/mol. The zero-order valence-corrected chi connectivity index (χ0v) is 10.8. The first kappa shape index (κ1) is 11.1. The summed E-state index contributed by atoms with van der Waals surface area (Å²) in [5.74, 6) is 1.47. The molecule has 0 bridgehead atoms. The van der Waals surface area contributed by atoms with Gasteiger partial charge in [-0.3, -0.25) is 0 Å². The van der Waals surface area contributed by atoms with Crippen LogP contribution in [0, 0.1) is 6.92 Å². The van der Waals surface area contributed by atoms with Crippen molar-refractivity contribution in [1.82, 2.24) is 24.6 Å². The molecule has 0 aromatic carbocycles. The third kappa shape index (κ3) is 1.92. The van der Waals surface area contributed by atoms with Crippen LogP contribution in [0.5, 0.6) is 0 Å². The molecule has 3 heterocycles. The van der Waals surface area contributed by atoms with Gasteiger partial charge in [-0.1, -0.05) is 0 Å². The van der Waals surface area contributed by atoms with Crippen molar-refractivity contribution >= 4 is 22.9 Å². The molecule has 0 aliphatic heterocycles. The zero-order valence-electron chi connectivity index (χ0n) is 10.0. The lowest BCUT2D eigenvalue weighted by atomic mass is 10.3. The van der Waals surface area contributed by atoms with Gasteiger partial charge in [-0.25, -0.2) is 9.97 Å². The van der Waals surface area contributed by atoms with E-state index in [1.165, 1.54) is 6.33 Å². The third-order valence-electron chi connectivity index (χ3n) is 2.57. The van der Waals surface area contributed by atoms with Crippen LogP contribution in [-0.4, -0.2) is 24.6 Å². The van der Waals surface area contributed by atoms with E-state index < -0.39 is 0 Å². The predicted octanol–water partition coefficient (Wildman–Crippen LogP) is 2.06. The minimum absolute atomic E-state index is 0.124. The van der Waals surface area contributed by atoms with Crippen molar-refractivity contribution in [3.63, 3.8) is 0 Å². The number of aromatic nitrogens is 5. The summed E-state index contributed by atoms with van der Waals surface area (Å²) in [4.78, 5) is 12.7. The molecule has 0 aliphatic rings. The van der Waals surface area contributed by atoms with Crippen molar-refractivity contribution in [2.75, 3.05) is 5.32 Å². The molecule has 3 aromatic rings. The molecule has 0 radical (unpaired) electrons. The van der Waals surface area contributed by atoms with E-state index in [1.807, 2.05) is 18.4 Å². The molecule has 0 saturated carbocycles. The highest BCUT2D eigenvalue weighted by atomic mass is 32.1. The molecule has 92 valence electrons. The molecule has 3 aromatic heterocycles. The lowest BCUT2D eigenvalue weighted by Gasteiger charge is -2.13. The standard InChI is InChI=1S/C11H12N6S/c1-7-5-9(17-11(15-7)13-6-14-17)16-8(2)10-12-3-4-18-10/h3-6,8,16H,1-2H3. The maximum atomic E-state index is 4.30. The van der Waals surface area contributed by atoms with E-state index in [2.05, 4.69) is 32.3 Å². The van der Waals surface area contributed by atoms with Crippen molar-refractivity contribution in [3.8, 4) is 0 Å². The summed E-state index contributed by atoms with van der Waals surface area (Å²) in [6.07, 6.45) is 3.31. The monoisotopic (exact) mass is 260 g/mol. The number of fused-ring (bicyclic) bond motifs is 1. The first-order valence-electron chi connectivity index (χ1n) is 5.57. The van der Waals surface area contributed by atoms with Gasteiger partial charge in [0.2, 0.25) is 0 Å². The molecule has 0 fully saturated rings. The van der Waals surface area contributed by atoms with Gasteiger partial charge >= 0.3 is 0 Å². The Morgan fingerprint density at radius 3 is 3.06 bits per heavy atom. The Kier molecular flexibility index (Phi) is 2.67. The van der Waals surface area contributed by atoms with E-state index in [-0.39, 0.29) is 6.04 Å². The van der Waals surface area contributed by atoms with Crippen molar-refractivity contribution in [1.29, 1.82) is 0 Å². The fraction of sp³-hybridized carbons (Fsp3) is 0.273. The molecule has 1 unspecified atom stereocenters. The minimum Gasteiger partial charge on any atom is -0.361 e.